The van der Waals surface area contributed by atoms with Gasteiger partial charge in [-0.1, -0.05) is 43.7 Å². The number of nitrogens with zero attached hydrogens (tertiary/aromatic N) is 3. The molecule has 0 unspecified atom stereocenters. The van der Waals surface area contributed by atoms with Gasteiger partial charge in [-0.15, -0.1) is 10.2 Å². The Morgan fingerprint density at radius 1 is 1.21 bits per heavy atom. The molecular weight excluding hydrogens is 393 g/mol. The third-order valence-electron chi connectivity index (χ3n) is 5.18. The molecule has 2 amide bonds. The van der Waals surface area contributed by atoms with E-state index in [1.807, 2.05) is 0 Å². The minimum absolute atomic E-state index is 0.0180. The Morgan fingerprint density at radius 3 is 2.72 bits per heavy atom. The number of amides is 2. The van der Waals surface area contributed by atoms with E-state index in [-0.39, 0.29) is 35.7 Å². The first-order chi connectivity index (χ1) is 13.9. The molecule has 2 N–H and O–H groups in total. The molecule has 7 nitrogen and oxygen atoms in total. The zero-order valence-electron chi connectivity index (χ0n) is 16.7. The van der Waals surface area contributed by atoms with Crippen molar-refractivity contribution in [3.05, 3.63) is 35.9 Å². The van der Waals surface area contributed by atoms with Crippen LogP contribution in [-0.4, -0.2) is 38.4 Å². The number of nitrogens with one attached hydrogen (secondary N) is 2. The van der Waals surface area contributed by atoms with Crippen LogP contribution in [0.15, 0.2) is 29.4 Å². The summed E-state index contributed by atoms with van der Waals surface area (Å²) >= 11 is 1.28. The molecule has 0 spiro atoms. The van der Waals surface area contributed by atoms with Gasteiger partial charge in [0.05, 0.1) is 17.9 Å². The average molecular weight is 420 g/mol. The number of benzene rings is 1. The van der Waals surface area contributed by atoms with Gasteiger partial charge in [0.2, 0.25) is 11.8 Å². The van der Waals surface area contributed by atoms with Crippen molar-refractivity contribution in [3.8, 4) is 0 Å². The summed E-state index contributed by atoms with van der Waals surface area (Å²) in [5.41, 5.74) is 0.128. The maximum absolute atomic E-state index is 13.7. The Morgan fingerprint density at radius 2 is 1.97 bits per heavy atom. The lowest BCUT2D eigenvalue weighted by atomic mass is 9.86. The van der Waals surface area contributed by atoms with Gasteiger partial charge < -0.3 is 15.2 Å². The lowest BCUT2D eigenvalue weighted by molar-refractivity contribution is -0.120. The minimum atomic E-state index is -0.492. The number of aromatic nitrogens is 3. The van der Waals surface area contributed by atoms with E-state index in [1.165, 1.54) is 30.3 Å². The smallest absolute Gasteiger partial charge is 0.232 e. The normalized spacial score (nSPS) is 19.0. The Bertz CT molecular complexity index is 872. The molecule has 1 aromatic heterocycles. The summed E-state index contributed by atoms with van der Waals surface area (Å²) in [5.74, 6) is 0.307. The Kier molecular flexibility index (Phi) is 7.24. The Balaban J connectivity index is 1.50. The zero-order valence-corrected chi connectivity index (χ0v) is 17.5. The number of halogens is 1. The number of rotatable bonds is 7. The van der Waals surface area contributed by atoms with E-state index in [0.29, 0.717) is 16.9 Å². The van der Waals surface area contributed by atoms with Gasteiger partial charge >= 0.3 is 0 Å². The van der Waals surface area contributed by atoms with Crippen LogP contribution in [0.25, 0.3) is 0 Å². The summed E-state index contributed by atoms with van der Waals surface area (Å²) in [7, 11) is 1.75. The van der Waals surface area contributed by atoms with Crippen LogP contribution in [0.1, 0.15) is 38.4 Å². The molecule has 0 radical (unpaired) electrons. The molecule has 0 saturated heterocycles. The lowest BCUT2D eigenvalue weighted by Gasteiger charge is -2.29. The van der Waals surface area contributed by atoms with Crippen molar-refractivity contribution in [3.63, 3.8) is 0 Å². The highest BCUT2D eigenvalue weighted by molar-refractivity contribution is 7.99. The lowest BCUT2D eigenvalue weighted by Crippen LogP contribution is -2.41. The van der Waals surface area contributed by atoms with E-state index in [0.717, 1.165) is 19.3 Å². The molecule has 1 saturated carbocycles. The second-order valence-electron chi connectivity index (χ2n) is 7.39. The molecule has 2 aromatic rings. The quantitative estimate of drug-likeness (QED) is 0.674. The molecule has 1 aliphatic rings. The molecule has 3 rings (SSSR count). The molecule has 1 aliphatic carbocycles. The van der Waals surface area contributed by atoms with E-state index < -0.39 is 5.82 Å². The second-order valence-corrected chi connectivity index (χ2v) is 8.33. The van der Waals surface area contributed by atoms with Crippen molar-refractivity contribution in [2.24, 2.45) is 13.0 Å². The molecule has 1 heterocycles. The minimum Gasteiger partial charge on any atom is -0.352 e. The Labute approximate surface area is 173 Å². The van der Waals surface area contributed by atoms with Crippen molar-refractivity contribution in [2.75, 3.05) is 11.1 Å². The van der Waals surface area contributed by atoms with Gasteiger partial charge in [0.1, 0.15) is 11.6 Å². The van der Waals surface area contributed by atoms with Gasteiger partial charge in [-0.2, -0.15) is 0 Å². The predicted octanol–water partition coefficient (Wildman–Crippen LogP) is 2.92. The highest BCUT2D eigenvalue weighted by Gasteiger charge is 2.23. The molecule has 156 valence electrons. The van der Waals surface area contributed by atoms with Crippen LogP contribution in [0.5, 0.6) is 0 Å². The Hall–Kier alpha value is -2.42. The third-order valence-corrected chi connectivity index (χ3v) is 6.20. The number of hydrogen-bond acceptors (Lipinski definition) is 5. The van der Waals surface area contributed by atoms with E-state index >= 15 is 0 Å². The van der Waals surface area contributed by atoms with E-state index in [4.69, 9.17) is 0 Å². The fourth-order valence-corrected chi connectivity index (χ4v) is 4.18. The van der Waals surface area contributed by atoms with Crippen LogP contribution >= 0.6 is 11.8 Å². The van der Waals surface area contributed by atoms with Crippen molar-refractivity contribution >= 4 is 29.3 Å². The van der Waals surface area contributed by atoms with Crippen LogP contribution in [0, 0.1) is 11.7 Å². The number of anilines is 1. The number of thioether (sulfide) groups is 1. The van der Waals surface area contributed by atoms with Gasteiger partial charge in [-0.3, -0.25) is 9.59 Å². The maximum Gasteiger partial charge on any atom is 0.232 e. The molecular formula is C20H26FN5O2S. The molecule has 29 heavy (non-hydrogen) atoms. The molecule has 1 fully saturated rings. The van der Waals surface area contributed by atoms with E-state index in [1.54, 1.807) is 23.7 Å². The summed E-state index contributed by atoms with van der Waals surface area (Å²) in [4.78, 5) is 24.5. The summed E-state index contributed by atoms with van der Waals surface area (Å²) in [5, 5.41) is 14.3. The molecule has 0 bridgehead atoms. The van der Waals surface area contributed by atoms with Crippen molar-refractivity contribution < 1.29 is 14.0 Å². The average Bonchev–Trinajstić information content (AvgIpc) is 3.03. The number of carbonyl (C=O) groups excluding carboxylic acids is 2. The largest absolute Gasteiger partial charge is 0.352 e. The topological polar surface area (TPSA) is 88.9 Å². The zero-order chi connectivity index (χ0) is 20.8. The number of para-hydroxylation sites is 1. The van der Waals surface area contributed by atoms with Crippen LogP contribution < -0.4 is 10.6 Å². The fourth-order valence-electron chi connectivity index (χ4n) is 3.43. The molecule has 0 aliphatic heterocycles. The first-order valence-electron chi connectivity index (χ1n) is 9.79. The first kappa shape index (κ1) is 21.3. The SMILES string of the molecule is C[C@@H]1CCCC[C@H]1NC(=O)CSc1nnc(CC(=O)Nc2ccccc2F)n1C. The van der Waals surface area contributed by atoms with E-state index in [2.05, 4.69) is 27.8 Å². The third kappa shape index (κ3) is 5.79. The van der Waals surface area contributed by atoms with Gasteiger partial charge in [0.25, 0.3) is 0 Å². The van der Waals surface area contributed by atoms with Gasteiger partial charge in [-0.25, -0.2) is 4.39 Å². The number of carbonyl (C=O) groups is 2. The molecule has 9 heteroatoms. The predicted molar refractivity (Wildman–Crippen MR) is 110 cm³/mol. The van der Waals surface area contributed by atoms with Crippen molar-refractivity contribution in [1.29, 1.82) is 0 Å². The monoisotopic (exact) mass is 419 g/mol. The maximum atomic E-state index is 13.7. The van der Waals surface area contributed by atoms with Gasteiger partial charge in [0, 0.05) is 13.1 Å². The summed E-state index contributed by atoms with van der Waals surface area (Å²) in [6.45, 7) is 2.18. The fraction of sp³-hybridized carbons (Fsp3) is 0.500. The van der Waals surface area contributed by atoms with Gasteiger partial charge in [-0.05, 0) is 30.9 Å². The van der Waals surface area contributed by atoms with E-state index in [9.17, 15) is 14.0 Å². The summed E-state index contributed by atoms with van der Waals surface area (Å²) in [6.07, 6.45) is 4.53. The standard InChI is InChI=1S/C20H26FN5O2S/c1-13-7-3-5-9-15(13)22-19(28)12-29-20-25-24-17(26(20)2)11-18(27)23-16-10-6-4-8-14(16)21/h4,6,8,10,13,15H,3,5,7,9,11-12H2,1-2H3,(H,22,28)(H,23,27)/t13-,15-/m1/s1. The molecule has 1 aromatic carbocycles. The second kappa shape index (κ2) is 9.87. The first-order valence-corrected chi connectivity index (χ1v) is 10.8. The van der Waals surface area contributed by atoms with Crippen molar-refractivity contribution in [2.45, 2.75) is 50.2 Å². The van der Waals surface area contributed by atoms with Crippen LogP contribution in [0.4, 0.5) is 10.1 Å². The summed E-state index contributed by atoms with van der Waals surface area (Å²) in [6, 6.07) is 6.23. The molecule has 2 atom stereocenters. The van der Waals surface area contributed by atoms with Crippen molar-refractivity contribution in [1.82, 2.24) is 20.1 Å². The highest BCUT2D eigenvalue weighted by atomic mass is 32.2. The summed E-state index contributed by atoms with van der Waals surface area (Å²) < 4.78 is 15.3. The number of hydrogen-bond donors (Lipinski definition) is 2. The van der Waals surface area contributed by atoms with Crippen LogP contribution in [0.3, 0.4) is 0 Å². The van der Waals surface area contributed by atoms with Gasteiger partial charge in [0.15, 0.2) is 5.16 Å². The van der Waals surface area contributed by atoms with Crippen LogP contribution in [-0.2, 0) is 23.1 Å². The van der Waals surface area contributed by atoms with Crippen LogP contribution in [0.2, 0.25) is 0 Å². The highest BCUT2D eigenvalue weighted by Crippen LogP contribution is 2.24.